The van der Waals surface area contributed by atoms with Gasteiger partial charge in [0.05, 0.1) is 13.2 Å². The molecule has 0 fully saturated rings. The van der Waals surface area contributed by atoms with Gasteiger partial charge in [0.1, 0.15) is 11.6 Å². The highest BCUT2D eigenvalue weighted by atomic mass is 16.6. The van der Waals surface area contributed by atoms with E-state index in [4.69, 9.17) is 14.2 Å². The van der Waals surface area contributed by atoms with Crippen LogP contribution in [0, 0.1) is 0 Å². The van der Waals surface area contributed by atoms with Crippen LogP contribution in [-0.4, -0.2) is 48.3 Å². The lowest BCUT2D eigenvalue weighted by molar-refractivity contribution is -0.170. The van der Waals surface area contributed by atoms with Gasteiger partial charge in [-0.2, -0.15) is 0 Å². The summed E-state index contributed by atoms with van der Waals surface area (Å²) in [5.41, 5.74) is -2.84. The van der Waals surface area contributed by atoms with Crippen LogP contribution in [0.25, 0.3) is 0 Å². The van der Waals surface area contributed by atoms with Crippen molar-refractivity contribution < 1.29 is 33.4 Å². The summed E-state index contributed by atoms with van der Waals surface area (Å²) in [7, 11) is 0. The van der Waals surface area contributed by atoms with Crippen LogP contribution in [-0.2, 0) is 28.6 Å². The normalized spacial score (nSPS) is 12.3. The zero-order valence-electron chi connectivity index (χ0n) is 18.2. The maximum Gasteiger partial charge on any atom is 0.408 e. The molecule has 0 aromatic heterocycles. The summed E-state index contributed by atoms with van der Waals surface area (Å²) in [6.07, 6.45) is -0.889. The maximum absolute atomic E-state index is 13.1. The fourth-order valence-corrected chi connectivity index (χ4v) is 2.77. The minimum absolute atomic E-state index is 0.0620. The van der Waals surface area contributed by atoms with Crippen molar-refractivity contribution >= 4 is 23.9 Å². The Morgan fingerprint density at radius 3 is 1.83 bits per heavy atom. The second kappa shape index (κ2) is 10.6. The second-order valence-corrected chi connectivity index (χ2v) is 7.42. The number of rotatable bonds is 8. The van der Waals surface area contributed by atoms with Crippen LogP contribution in [0.3, 0.4) is 0 Å². The Balaban J connectivity index is 3.67. The number of benzene rings is 1. The quantitative estimate of drug-likeness (QED) is 0.374. The number of ether oxygens (including phenoxy) is 3. The summed E-state index contributed by atoms with van der Waals surface area (Å²) in [6.45, 7) is 9.14. The number of carbonyl (C=O) groups excluding carboxylic acids is 4. The lowest BCUT2D eigenvalue weighted by Gasteiger charge is -2.37. The van der Waals surface area contributed by atoms with Crippen molar-refractivity contribution in [2.75, 3.05) is 13.2 Å². The molecule has 1 rings (SSSR count). The maximum atomic E-state index is 13.1. The van der Waals surface area contributed by atoms with E-state index in [1.807, 2.05) is 0 Å². The fraction of sp³-hybridized carbons (Fsp3) is 0.524. The monoisotopic (exact) mass is 422 g/mol. The number of amides is 2. The van der Waals surface area contributed by atoms with Gasteiger partial charge in [-0.15, -0.1) is 0 Å². The van der Waals surface area contributed by atoms with Gasteiger partial charge < -0.3 is 24.8 Å². The summed E-state index contributed by atoms with van der Waals surface area (Å²) in [5, 5.41) is 4.91. The van der Waals surface area contributed by atoms with Crippen molar-refractivity contribution in [3.63, 3.8) is 0 Å². The summed E-state index contributed by atoms with van der Waals surface area (Å²) in [6, 6.07) is 6.87. The number of hydrogen-bond donors (Lipinski definition) is 2. The van der Waals surface area contributed by atoms with Crippen molar-refractivity contribution in [1.29, 1.82) is 0 Å². The highest BCUT2D eigenvalue weighted by Gasteiger charge is 2.57. The molecule has 30 heavy (non-hydrogen) atoms. The molecule has 2 N–H and O–H groups in total. The van der Waals surface area contributed by atoms with E-state index in [9.17, 15) is 19.2 Å². The summed E-state index contributed by atoms with van der Waals surface area (Å²) in [4.78, 5) is 50.8. The number of hydrogen-bond acceptors (Lipinski definition) is 7. The van der Waals surface area contributed by atoms with Gasteiger partial charge in [-0.1, -0.05) is 30.3 Å². The molecule has 0 saturated carbocycles. The highest BCUT2D eigenvalue weighted by Crippen LogP contribution is 2.30. The molecule has 0 bridgehead atoms. The van der Waals surface area contributed by atoms with Crippen LogP contribution in [0.15, 0.2) is 30.3 Å². The lowest BCUT2D eigenvalue weighted by atomic mass is 9.84. The smallest absolute Gasteiger partial charge is 0.408 e. The Morgan fingerprint density at radius 1 is 0.933 bits per heavy atom. The molecule has 0 spiro atoms. The highest BCUT2D eigenvalue weighted by molar-refractivity contribution is 6.09. The lowest BCUT2D eigenvalue weighted by Crippen LogP contribution is -2.67. The predicted molar refractivity (Wildman–Crippen MR) is 108 cm³/mol. The summed E-state index contributed by atoms with van der Waals surface area (Å²) < 4.78 is 15.5. The van der Waals surface area contributed by atoms with Gasteiger partial charge in [-0.05, 0) is 40.2 Å². The Morgan fingerprint density at radius 2 is 1.43 bits per heavy atom. The molecule has 166 valence electrons. The van der Waals surface area contributed by atoms with Crippen molar-refractivity contribution in [2.24, 2.45) is 0 Å². The van der Waals surface area contributed by atoms with Gasteiger partial charge in [0.2, 0.25) is 5.91 Å². The molecular formula is C21H30N2O7. The van der Waals surface area contributed by atoms with Crippen molar-refractivity contribution in [3.8, 4) is 0 Å². The van der Waals surface area contributed by atoms with Crippen LogP contribution in [0.2, 0.25) is 0 Å². The molecule has 0 saturated heterocycles. The Hall–Kier alpha value is -3.10. The zero-order valence-corrected chi connectivity index (χ0v) is 18.2. The molecule has 1 unspecified atom stereocenters. The third kappa shape index (κ3) is 6.47. The van der Waals surface area contributed by atoms with E-state index in [1.165, 1.54) is 0 Å². The van der Waals surface area contributed by atoms with E-state index >= 15 is 0 Å². The van der Waals surface area contributed by atoms with E-state index in [0.717, 1.165) is 6.92 Å². The van der Waals surface area contributed by atoms with Crippen molar-refractivity contribution in [1.82, 2.24) is 10.6 Å². The first kappa shape index (κ1) is 24.9. The largest absolute Gasteiger partial charge is 0.464 e. The number of nitrogens with one attached hydrogen (secondary N) is 2. The molecule has 0 aliphatic heterocycles. The average molecular weight is 422 g/mol. The molecule has 9 nitrogen and oxygen atoms in total. The van der Waals surface area contributed by atoms with Gasteiger partial charge in [0.25, 0.3) is 5.54 Å². The summed E-state index contributed by atoms with van der Waals surface area (Å²) in [5.74, 6) is -2.82. The van der Waals surface area contributed by atoms with E-state index in [-0.39, 0.29) is 13.2 Å². The Labute approximate surface area is 176 Å². The summed E-state index contributed by atoms with van der Waals surface area (Å²) >= 11 is 0. The first-order valence-corrected chi connectivity index (χ1v) is 9.65. The molecular weight excluding hydrogens is 392 g/mol. The molecule has 0 heterocycles. The standard InChI is InChI=1S/C21H30N2O7/c1-7-28-17(25)21(23-14(3)24,18(26)29-8-2)16(15-12-10-9-11-13-15)22-19(27)30-20(4,5)6/h9-13,16H,7-8H2,1-6H3,(H,22,27)(H,23,24). The van der Waals surface area contributed by atoms with Crippen LogP contribution in [0.4, 0.5) is 4.79 Å². The predicted octanol–water partition coefficient (Wildman–Crippen LogP) is 2.25. The molecule has 1 aromatic carbocycles. The van der Waals surface area contributed by atoms with Crippen molar-refractivity contribution in [2.45, 2.75) is 58.7 Å². The molecule has 0 aliphatic rings. The third-order valence-corrected chi connectivity index (χ3v) is 3.80. The van der Waals surface area contributed by atoms with Gasteiger partial charge in [-0.3, -0.25) is 4.79 Å². The topological polar surface area (TPSA) is 120 Å². The van der Waals surface area contributed by atoms with E-state index in [0.29, 0.717) is 5.56 Å². The number of alkyl carbamates (subject to hydrolysis) is 1. The molecule has 2 amide bonds. The molecule has 1 atom stereocenters. The molecule has 0 radical (unpaired) electrons. The molecule has 9 heteroatoms. The number of carbonyl (C=O) groups is 4. The van der Waals surface area contributed by atoms with Crippen LogP contribution in [0.5, 0.6) is 0 Å². The van der Waals surface area contributed by atoms with Crippen LogP contribution < -0.4 is 10.6 Å². The Bertz CT molecular complexity index is 738. The van der Waals surface area contributed by atoms with Crippen molar-refractivity contribution in [3.05, 3.63) is 35.9 Å². The van der Waals surface area contributed by atoms with Gasteiger partial charge in [0.15, 0.2) is 0 Å². The molecule has 1 aromatic rings. The second-order valence-electron chi connectivity index (χ2n) is 7.42. The van der Waals surface area contributed by atoms with Gasteiger partial charge in [-0.25, -0.2) is 14.4 Å². The minimum atomic E-state index is -2.36. The third-order valence-electron chi connectivity index (χ3n) is 3.80. The SMILES string of the molecule is CCOC(=O)C(NC(C)=O)(C(=O)OCC)C(NC(=O)OC(C)(C)C)c1ccccc1. The van der Waals surface area contributed by atoms with E-state index in [2.05, 4.69) is 10.6 Å². The fourth-order valence-electron chi connectivity index (χ4n) is 2.77. The van der Waals surface area contributed by atoms with E-state index in [1.54, 1.807) is 65.0 Å². The first-order chi connectivity index (χ1) is 14.0. The van der Waals surface area contributed by atoms with Gasteiger partial charge >= 0.3 is 18.0 Å². The van der Waals surface area contributed by atoms with Crippen LogP contribution in [0.1, 0.15) is 53.1 Å². The Kier molecular flexibility index (Phi) is 8.82. The van der Waals surface area contributed by atoms with E-state index < -0.39 is 41.1 Å². The average Bonchev–Trinajstić information content (AvgIpc) is 2.63. The first-order valence-electron chi connectivity index (χ1n) is 9.65. The minimum Gasteiger partial charge on any atom is -0.464 e. The van der Waals surface area contributed by atoms with Gasteiger partial charge in [0, 0.05) is 6.92 Å². The molecule has 0 aliphatic carbocycles. The zero-order chi connectivity index (χ0) is 22.9. The van der Waals surface area contributed by atoms with Crippen LogP contribution >= 0.6 is 0 Å². The number of esters is 2.